The normalized spacial score (nSPS) is 11.8. The predicted molar refractivity (Wildman–Crippen MR) is 422 cm³/mol. The van der Waals surface area contributed by atoms with Crippen molar-refractivity contribution in [3.63, 3.8) is 0 Å². The van der Waals surface area contributed by atoms with E-state index in [0.29, 0.717) is 0 Å². The fourth-order valence-corrected chi connectivity index (χ4v) is 15.0. The van der Waals surface area contributed by atoms with Crippen molar-refractivity contribution in [3.05, 3.63) is 433 Å². The Morgan fingerprint density at radius 1 is 0.0900 bits per heavy atom. The topological polar surface area (TPSA) is 0 Å². The third-order valence-electron chi connectivity index (χ3n) is 19.8. The van der Waals surface area contributed by atoms with Gasteiger partial charge in [-0.2, -0.15) is 0 Å². The molecule has 0 amide bonds. The highest BCUT2D eigenvalue weighted by Crippen LogP contribution is 2.41. The molecule has 0 saturated carbocycles. The molecule has 16 aromatic carbocycles. The summed E-state index contributed by atoms with van der Waals surface area (Å²) in [7, 11) is 0. The Morgan fingerprint density at radius 2 is 0.190 bits per heavy atom. The molecule has 0 N–H and O–H groups in total. The molecule has 0 nitrogen and oxygen atoms in total. The van der Waals surface area contributed by atoms with Gasteiger partial charge in [-0.1, -0.05) is 315 Å². The molecule has 1 aliphatic rings. The maximum atomic E-state index is 2.50. The summed E-state index contributed by atoms with van der Waals surface area (Å²) in [5.74, 6) is 0. The van der Waals surface area contributed by atoms with Crippen LogP contribution >= 0.6 is 0 Å². The molecular formula is C100H72. The molecular weight excluding hydrogens is 1200 g/mol. The molecule has 1 aliphatic carbocycles. The molecule has 0 radical (unpaired) electrons. The van der Waals surface area contributed by atoms with Crippen molar-refractivity contribution >= 4 is 0 Å². The first-order valence-electron chi connectivity index (χ1n) is 35.0. The maximum Gasteiger partial charge on any atom is -0.00251 e. The van der Waals surface area contributed by atoms with Crippen LogP contribution in [0.4, 0.5) is 0 Å². The Hall–Kier alpha value is -12.5. The Balaban J connectivity index is 0.893. The van der Waals surface area contributed by atoms with E-state index in [1.807, 2.05) is 0 Å². The van der Waals surface area contributed by atoms with Crippen LogP contribution in [0.5, 0.6) is 0 Å². The first-order chi connectivity index (χ1) is 49.4. The number of fused-ring (bicyclic) bond motifs is 8. The van der Waals surface area contributed by atoms with Gasteiger partial charge in [0, 0.05) is 0 Å². The first kappa shape index (κ1) is 61.1. The van der Waals surface area contributed by atoms with E-state index < -0.39 is 0 Å². The van der Waals surface area contributed by atoms with Gasteiger partial charge in [-0.3, -0.25) is 0 Å². The second-order valence-corrected chi connectivity index (χ2v) is 27.0. The average molecular weight is 1270 g/mol. The minimum atomic E-state index is 0.731. The fourth-order valence-electron chi connectivity index (χ4n) is 15.0. The maximum absolute atomic E-state index is 2.50. The summed E-state index contributed by atoms with van der Waals surface area (Å²) in [5, 5.41) is 0. The lowest BCUT2D eigenvalue weighted by atomic mass is 9.86. The number of rotatable bonds is 12. The Kier molecular flexibility index (Phi) is 16.9. The molecule has 0 saturated heterocycles. The molecule has 0 heterocycles. The van der Waals surface area contributed by atoms with Crippen LogP contribution in [-0.2, 0) is 25.7 Å². The van der Waals surface area contributed by atoms with Crippen molar-refractivity contribution in [1.82, 2.24) is 0 Å². The zero-order chi connectivity index (χ0) is 66.6. The summed E-state index contributed by atoms with van der Waals surface area (Å²) in [4.78, 5) is 0. The second kappa shape index (κ2) is 27.6. The van der Waals surface area contributed by atoms with Gasteiger partial charge in [-0.15, -0.1) is 0 Å². The van der Waals surface area contributed by atoms with Crippen molar-refractivity contribution in [2.24, 2.45) is 0 Å². The Morgan fingerprint density at radius 3 is 0.310 bits per heavy atom. The van der Waals surface area contributed by atoms with Crippen LogP contribution < -0.4 is 0 Å². The number of hydrogen-bond acceptors (Lipinski definition) is 0. The molecule has 472 valence electrons. The minimum absolute atomic E-state index is 0.731. The Labute approximate surface area is 588 Å². The van der Waals surface area contributed by atoms with E-state index in [1.54, 1.807) is 0 Å². The number of benzene rings is 16. The zero-order valence-corrected chi connectivity index (χ0v) is 55.8. The van der Waals surface area contributed by atoms with Crippen molar-refractivity contribution in [1.29, 1.82) is 0 Å². The second-order valence-electron chi connectivity index (χ2n) is 27.0. The molecule has 0 heteroatoms. The summed E-state index contributed by atoms with van der Waals surface area (Å²) in [6.45, 7) is 0. The van der Waals surface area contributed by atoms with Crippen molar-refractivity contribution < 1.29 is 0 Å². The van der Waals surface area contributed by atoms with Gasteiger partial charge in [0.2, 0.25) is 0 Å². The average Bonchev–Trinajstić information content (AvgIpc) is 0.799. The summed E-state index contributed by atoms with van der Waals surface area (Å²) in [5.41, 5.74) is 38.9. The van der Waals surface area contributed by atoms with Crippen LogP contribution in [0.1, 0.15) is 44.5 Å². The van der Waals surface area contributed by atoms with Gasteiger partial charge in [0.25, 0.3) is 0 Å². The van der Waals surface area contributed by atoms with Crippen molar-refractivity contribution in [3.8, 4) is 134 Å². The van der Waals surface area contributed by atoms with Crippen LogP contribution in [0.15, 0.2) is 388 Å². The zero-order valence-electron chi connectivity index (χ0n) is 55.8. The minimum Gasteiger partial charge on any atom is -0.0622 e. The van der Waals surface area contributed by atoms with Crippen LogP contribution in [0.2, 0.25) is 0 Å². The smallest absolute Gasteiger partial charge is 0.00251 e. The molecule has 0 aliphatic heterocycles. The summed E-state index contributed by atoms with van der Waals surface area (Å²) >= 11 is 0. The molecule has 100 heavy (non-hydrogen) atoms. The third-order valence-corrected chi connectivity index (χ3v) is 19.8. The lowest BCUT2D eigenvalue weighted by Gasteiger charge is -2.18. The van der Waals surface area contributed by atoms with Gasteiger partial charge in [-0.05, 0) is 277 Å². The van der Waals surface area contributed by atoms with E-state index in [4.69, 9.17) is 0 Å². The summed E-state index contributed by atoms with van der Waals surface area (Å²) < 4.78 is 0. The van der Waals surface area contributed by atoms with Gasteiger partial charge < -0.3 is 0 Å². The van der Waals surface area contributed by atoms with Gasteiger partial charge in [-0.25, -0.2) is 0 Å². The van der Waals surface area contributed by atoms with E-state index >= 15 is 0 Å². The highest BCUT2D eigenvalue weighted by atomic mass is 14.2. The molecule has 0 fully saturated rings. The van der Waals surface area contributed by atoms with Crippen LogP contribution in [-0.4, -0.2) is 0 Å². The molecule has 0 aromatic heterocycles. The van der Waals surface area contributed by atoms with Gasteiger partial charge in [0.15, 0.2) is 0 Å². The van der Waals surface area contributed by atoms with E-state index in [9.17, 15) is 0 Å². The van der Waals surface area contributed by atoms with Crippen LogP contribution in [0.3, 0.4) is 0 Å². The monoisotopic (exact) mass is 1270 g/mol. The SMILES string of the molecule is c1ccc(-c2cc(-c3ccccc3)cc(-c3cc4cc(c3)Cc3cc(cc(-c5cc(-c6ccccc6)cc(-c6ccccc6)c5)c3)Cc3cc(cc(-c5cc(-c6ccccc6)cc(-c6ccccc6)c5)c3)Cc3cc(cc(-c5cc(-c6ccccc6)cc(-c6ccccc6)c5)c3)C4)c2)cc1. The fraction of sp³-hybridized carbons (Fsp3) is 0.0400. The van der Waals surface area contributed by atoms with E-state index in [-0.39, 0.29) is 0 Å². The standard InChI is InChI=1S/C100H72/c1-9-25-77(26-10-1)89-57-90(78-27-11-2-12-28-78)62-97(61-89)85-49-69-41-70(50-85)46-72-43-74(54-87(52-72)99-65-93(81-33-17-5-18-34-81)59-94(66-99)82-35-19-6-20-36-82)48-76-44-75(55-88(56-76)100-67-95(83-37-21-7-22-38-83)60-96(68-100)84-39-23-8-24-40-84)47-73-42-71(45-69)51-86(53-73)98-63-91(79-29-13-3-14-30-79)58-92(64-98)80-31-15-4-16-32-80/h1-44,49-68H,45-48H2. The molecule has 16 aromatic rings. The van der Waals surface area contributed by atoms with Gasteiger partial charge >= 0.3 is 0 Å². The first-order valence-corrected chi connectivity index (χ1v) is 35.0. The Bertz CT molecular complexity index is 4570. The van der Waals surface area contributed by atoms with Crippen LogP contribution in [0.25, 0.3) is 134 Å². The van der Waals surface area contributed by atoms with E-state index in [0.717, 1.165) is 25.7 Å². The molecule has 8 bridgehead atoms. The molecule has 0 atom stereocenters. The molecule has 0 spiro atoms. The molecule has 0 unspecified atom stereocenters. The highest BCUT2D eigenvalue weighted by Gasteiger charge is 2.19. The lowest BCUT2D eigenvalue weighted by Crippen LogP contribution is -2.01. The van der Waals surface area contributed by atoms with Gasteiger partial charge in [0.1, 0.15) is 0 Å². The van der Waals surface area contributed by atoms with Crippen molar-refractivity contribution in [2.75, 3.05) is 0 Å². The molecule has 17 rings (SSSR count). The van der Waals surface area contributed by atoms with E-state index in [1.165, 1.54) is 178 Å². The van der Waals surface area contributed by atoms with Crippen LogP contribution in [0, 0.1) is 0 Å². The van der Waals surface area contributed by atoms with Crippen molar-refractivity contribution in [2.45, 2.75) is 25.7 Å². The highest BCUT2D eigenvalue weighted by molar-refractivity contribution is 5.87. The third kappa shape index (κ3) is 13.7. The lowest BCUT2D eigenvalue weighted by molar-refractivity contribution is 1.09. The number of hydrogen-bond donors (Lipinski definition) is 0. The summed E-state index contributed by atoms with van der Waals surface area (Å²) in [6.07, 6.45) is 2.93. The summed E-state index contributed by atoms with van der Waals surface area (Å²) in [6, 6.07) is 146. The van der Waals surface area contributed by atoms with Gasteiger partial charge in [0.05, 0.1) is 0 Å². The quantitative estimate of drug-likeness (QED) is 0.114. The largest absolute Gasteiger partial charge is 0.0622 e. The van der Waals surface area contributed by atoms with E-state index in [2.05, 4.69) is 388 Å². The predicted octanol–water partition coefficient (Wildman–Crippen LogP) is 26.4.